The molecule has 154 valence electrons. The summed E-state index contributed by atoms with van der Waals surface area (Å²) in [6, 6.07) is 0. The van der Waals surface area contributed by atoms with Gasteiger partial charge in [0.2, 0.25) is 0 Å². The van der Waals surface area contributed by atoms with Crippen LogP contribution in [-0.4, -0.2) is 33.1 Å². The Bertz CT molecular complexity index is 458. The molecule has 7 unspecified atom stereocenters. The Morgan fingerprint density at radius 3 is 2.04 bits per heavy atom. The fourth-order valence-electron chi connectivity index (χ4n) is 5.60. The van der Waals surface area contributed by atoms with Gasteiger partial charge in [-0.25, -0.2) is 0 Å². The van der Waals surface area contributed by atoms with Crippen LogP contribution in [0.5, 0.6) is 0 Å². The summed E-state index contributed by atoms with van der Waals surface area (Å²) >= 11 is 0. The second-order valence-corrected chi connectivity index (χ2v) is 10.8. The first-order valence-corrected chi connectivity index (χ1v) is 11.0. The van der Waals surface area contributed by atoms with Crippen molar-refractivity contribution in [3.63, 3.8) is 0 Å². The van der Waals surface area contributed by atoms with E-state index in [0.717, 1.165) is 38.5 Å². The highest BCUT2D eigenvalue weighted by Crippen LogP contribution is 2.49. The Hall–Kier alpha value is -0.120. The lowest BCUT2D eigenvalue weighted by atomic mass is 9.86. The summed E-state index contributed by atoms with van der Waals surface area (Å²) in [5.74, 6) is 1.87. The van der Waals surface area contributed by atoms with E-state index in [2.05, 4.69) is 34.6 Å². The van der Waals surface area contributed by atoms with E-state index in [9.17, 15) is 10.2 Å². The van der Waals surface area contributed by atoms with Gasteiger partial charge in [0.15, 0.2) is 0 Å². The fraction of sp³-hybridized carbons (Fsp3) is 1.00. The van der Waals surface area contributed by atoms with Crippen LogP contribution in [-0.2, 0) is 4.74 Å². The van der Waals surface area contributed by atoms with Crippen molar-refractivity contribution in [2.75, 3.05) is 0 Å². The molecular weight excluding hydrogens is 324 g/mol. The summed E-state index contributed by atoms with van der Waals surface area (Å²) in [7, 11) is 0. The summed E-state index contributed by atoms with van der Waals surface area (Å²) in [5, 5.41) is 21.4. The minimum Gasteiger partial charge on any atom is -0.390 e. The van der Waals surface area contributed by atoms with Crippen LogP contribution in [0.1, 0.15) is 99.8 Å². The van der Waals surface area contributed by atoms with E-state index >= 15 is 0 Å². The van der Waals surface area contributed by atoms with Gasteiger partial charge < -0.3 is 14.9 Å². The molecule has 0 aromatic heterocycles. The van der Waals surface area contributed by atoms with E-state index in [4.69, 9.17) is 4.74 Å². The van der Waals surface area contributed by atoms with Gasteiger partial charge in [-0.2, -0.15) is 0 Å². The molecule has 3 heteroatoms. The van der Waals surface area contributed by atoms with Gasteiger partial charge in [-0.3, -0.25) is 0 Å². The number of hydrogen-bond donors (Lipinski definition) is 2. The summed E-state index contributed by atoms with van der Waals surface area (Å²) in [6.45, 7) is 15.2. The first-order chi connectivity index (χ1) is 11.8. The van der Waals surface area contributed by atoms with Crippen molar-refractivity contribution in [2.24, 2.45) is 23.7 Å². The molecule has 0 aromatic rings. The SMILES string of the molecule is CC1CCC(C)(O)CCCC(OC2(C)CC(C)(O)C(C)C2C)C[C@H](C)C1. The topological polar surface area (TPSA) is 49.7 Å². The zero-order chi connectivity index (χ0) is 19.8. The number of hydrogen-bond acceptors (Lipinski definition) is 3. The number of rotatable bonds is 2. The highest BCUT2D eigenvalue weighted by Gasteiger charge is 2.53. The van der Waals surface area contributed by atoms with Gasteiger partial charge in [0.05, 0.1) is 22.9 Å². The van der Waals surface area contributed by atoms with Crippen LogP contribution >= 0.6 is 0 Å². The van der Waals surface area contributed by atoms with Crippen molar-refractivity contribution in [3.8, 4) is 0 Å². The van der Waals surface area contributed by atoms with Gasteiger partial charge in [0.1, 0.15) is 0 Å². The molecular formula is C23H44O3. The Labute approximate surface area is 161 Å². The zero-order valence-electron chi connectivity index (χ0n) is 18.3. The van der Waals surface area contributed by atoms with Crippen LogP contribution in [0.2, 0.25) is 0 Å². The molecule has 2 rings (SSSR count). The first-order valence-electron chi connectivity index (χ1n) is 11.0. The molecule has 3 nitrogen and oxygen atoms in total. The van der Waals surface area contributed by atoms with Gasteiger partial charge in [0.25, 0.3) is 0 Å². The normalized spacial score (nSPS) is 51.8. The summed E-state index contributed by atoms with van der Waals surface area (Å²) in [5.41, 5.74) is -1.46. The van der Waals surface area contributed by atoms with E-state index in [1.54, 1.807) is 0 Å². The molecule has 0 amide bonds. The molecule has 2 fully saturated rings. The van der Waals surface area contributed by atoms with Crippen LogP contribution in [0.25, 0.3) is 0 Å². The average molecular weight is 369 g/mol. The minimum atomic E-state index is -0.647. The highest BCUT2D eigenvalue weighted by atomic mass is 16.5. The number of aliphatic hydroxyl groups is 2. The van der Waals surface area contributed by atoms with Gasteiger partial charge >= 0.3 is 0 Å². The molecule has 2 N–H and O–H groups in total. The third-order valence-corrected chi connectivity index (χ3v) is 7.73. The van der Waals surface area contributed by atoms with Crippen molar-refractivity contribution < 1.29 is 14.9 Å². The van der Waals surface area contributed by atoms with Crippen molar-refractivity contribution in [1.82, 2.24) is 0 Å². The minimum absolute atomic E-state index is 0.222. The maximum Gasteiger partial charge on any atom is 0.0714 e. The quantitative estimate of drug-likeness (QED) is 0.693. The third-order valence-electron chi connectivity index (χ3n) is 7.73. The van der Waals surface area contributed by atoms with Crippen LogP contribution < -0.4 is 0 Å². The molecule has 26 heavy (non-hydrogen) atoms. The molecule has 0 saturated heterocycles. The van der Waals surface area contributed by atoms with Crippen LogP contribution in [0.4, 0.5) is 0 Å². The summed E-state index contributed by atoms with van der Waals surface area (Å²) in [4.78, 5) is 0. The largest absolute Gasteiger partial charge is 0.390 e. The molecule has 2 saturated carbocycles. The van der Waals surface area contributed by atoms with Crippen LogP contribution in [0, 0.1) is 23.7 Å². The van der Waals surface area contributed by atoms with Crippen molar-refractivity contribution >= 4 is 0 Å². The molecule has 8 atom stereocenters. The predicted octanol–water partition coefficient (Wildman–Crippen LogP) is 5.32. The lowest BCUT2D eigenvalue weighted by Gasteiger charge is -2.36. The lowest BCUT2D eigenvalue weighted by molar-refractivity contribution is -0.119. The Morgan fingerprint density at radius 2 is 1.46 bits per heavy atom. The predicted molar refractivity (Wildman–Crippen MR) is 108 cm³/mol. The van der Waals surface area contributed by atoms with E-state index in [1.165, 1.54) is 6.42 Å². The summed E-state index contributed by atoms with van der Waals surface area (Å²) < 4.78 is 6.76. The van der Waals surface area contributed by atoms with E-state index in [0.29, 0.717) is 24.2 Å². The molecule has 0 bridgehead atoms. The first kappa shape index (κ1) is 22.2. The van der Waals surface area contributed by atoms with Crippen molar-refractivity contribution in [2.45, 2.75) is 123 Å². The Kier molecular flexibility index (Phi) is 6.90. The smallest absolute Gasteiger partial charge is 0.0714 e. The van der Waals surface area contributed by atoms with Crippen LogP contribution in [0.3, 0.4) is 0 Å². The molecule has 2 aliphatic rings. The maximum absolute atomic E-state index is 10.8. The second kappa shape index (κ2) is 8.09. The van der Waals surface area contributed by atoms with E-state index in [1.807, 2.05) is 13.8 Å². The van der Waals surface area contributed by atoms with E-state index < -0.39 is 11.2 Å². The zero-order valence-corrected chi connectivity index (χ0v) is 18.3. The van der Waals surface area contributed by atoms with Gasteiger partial charge in [-0.05, 0) is 89.4 Å². The van der Waals surface area contributed by atoms with Crippen molar-refractivity contribution in [1.29, 1.82) is 0 Å². The third kappa shape index (κ3) is 5.45. The second-order valence-electron chi connectivity index (χ2n) is 10.8. The monoisotopic (exact) mass is 368 g/mol. The molecule has 2 aliphatic carbocycles. The molecule has 0 aromatic carbocycles. The average Bonchev–Trinajstić information content (AvgIpc) is 2.63. The van der Waals surface area contributed by atoms with Crippen molar-refractivity contribution in [3.05, 3.63) is 0 Å². The fourth-order valence-corrected chi connectivity index (χ4v) is 5.60. The molecule has 0 radical (unpaired) electrons. The Morgan fingerprint density at radius 1 is 0.808 bits per heavy atom. The van der Waals surface area contributed by atoms with Gasteiger partial charge in [-0.1, -0.05) is 27.7 Å². The van der Waals surface area contributed by atoms with E-state index in [-0.39, 0.29) is 17.6 Å². The standard InChI is InChI=1S/C23H44O3/c1-16-10-12-21(5,24)11-8-9-20(14-17(2)13-16)26-23(7)15-22(6,25)18(3)19(23)4/h16-20,24-25H,8-15H2,1-7H3/t16?,17-,18?,19?,20?,21?,22?,23?/m1/s1. The van der Waals surface area contributed by atoms with Gasteiger partial charge in [0, 0.05) is 6.42 Å². The molecule has 0 heterocycles. The number of ether oxygens (including phenoxy) is 1. The lowest BCUT2D eigenvalue weighted by Crippen LogP contribution is -2.38. The maximum atomic E-state index is 10.8. The molecule has 0 spiro atoms. The van der Waals surface area contributed by atoms with Gasteiger partial charge in [-0.15, -0.1) is 0 Å². The molecule has 0 aliphatic heterocycles. The highest BCUT2D eigenvalue weighted by molar-refractivity contribution is 5.04. The summed E-state index contributed by atoms with van der Waals surface area (Å²) in [6.07, 6.45) is 8.11. The van der Waals surface area contributed by atoms with Crippen LogP contribution in [0.15, 0.2) is 0 Å². The Balaban J connectivity index is 2.10.